The van der Waals surface area contributed by atoms with Crippen molar-refractivity contribution in [2.24, 2.45) is 0 Å². The Morgan fingerprint density at radius 2 is 0.870 bits per heavy atom. The van der Waals surface area contributed by atoms with Crippen LogP contribution in [-0.4, -0.2) is 72.8 Å². The molecule has 4 N–H and O–H groups in total. The quantitative estimate of drug-likeness (QED) is 0.0481. The molecule has 8 aromatic rings. The van der Waals surface area contributed by atoms with E-state index in [1.807, 2.05) is 122 Å². The number of aliphatic carboxylic acids is 1. The summed E-state index contributed by atoms with van der Waals surface area (Å²) in [6.45, 7) is 4.62. The largest absolute Gasteiger partial charge is 1.00 e. The molecule has 0 aromatic heterocycles. The number of hydrogen-bond acceptors (Lipinski definition) is 12. The zero-order chi connectivity index (χ0) is 53.9. The molecule has 0 amide bonds. The monoisotopic (exact) mass is 1110 g/mol. The molecule has 0 fully saturated rings. The number of rotatable bonds is 20. The van der Waals surface area contributed by atoms with Gasteiger partial charge in [-0.05, 0) is 110 Å². The molecule has 20 heteroatoms. The second-order valence-corrected chi connectivity index (χ2v) is 21.6. The third-order valence-electron chi connectivity index (χ3n) is 12.5. The summed E-state index contributed by atoms with van der Waals surface area (Å²) in [5, 5.41) is 13.7. The van der Waals surface area contributed by atoms with Gasteiger partial charge in [-0.15, -0.1) is 0 Å². The van der Waals surface area contributed by atoms with E-state index in [2.05, 4.69) is 14.3 Å². The summed E-state index contributed by atoms with van der Waals surface area (Å²) in [5.74, 6) is -0.110. The SMILES string of the molecule is COC(=O)C[C@H](C)N(Cc1ccccc1Cl)c1ccc(NS(=O)(=O)c2ccc(OC)cc2)c2ccccc12.COc1ccc(S(=O)(=O)Nc2ccc(N(Cc3ccccc3Cl)[C@@H](C)CC(=O)O)c3ccccc23)cc1.[Li+].[OH-]. The van der Waals surface area contributed by atoms with Crippen molar-refractivity contribution in [2.75, 3.05) is 40.6 Å². The fourth-order valence-corrected chi connectivity index (χ4v) is 11.1. The van der Waals surface area contributed by atoms with Crippen molar-refractivity contribution in [3.8, 4) is 11.5 Å². The summed E-state index contributed by atoms with van der Waals surface area (Å²) < 4.78 is 73.2. The summed E-state index contributed by atoms with van der Waals surface area (Å²) in [5.41, 5.74) is 4.23. The van der Waals surface area contributed by atoms with E-state index in [1.165, 1.54) is 45.6 Å². The molecule has 0 spiro atoms. The van der Waals surface area contributed by atoms with Crippen LogP contribution in [0.4, 0.5) is 22.7 Å². The van der Waals surface area contributed by atoms with Gasteiger partial charge in [-0.1, -0.05) is 108 Å². The predicted octanol–water partition coefficient (Wildman–Crippen LogP) is 9.26. The number of carbonyl (C=O) groups excluding carboxylic acids is 1. The van der Waals surface area contributed by atoms with Gasteiger partial charge < -0.3 is 34.6 Å². The molecule has 398 valence electrons. The Balaban J connectivity index is 0.000000277. The van der Waals surface area contributed by atoms with Crippen molar-refractivity contribution in [3.63, 3.8) is 0 Å². The number of carboxylic acids is 1. The van der Waals surface area contributed by atoms with E-state index < -0.39 is 26.0 Å². The number of anilines is 4. The van der Waals surface area contributed by atoms with E-state index in [0.717, 1.165) is 38.7 Å². The first-order valence-corrected chi connectivity index (χ1v) is 27.3. The van der Waals surface area contributed by atoms with Crippen molar-refractivity contribution in [3.05, 3.63) is 191 Å². The maximum atomic E-state index is 13.2. The third kappa shape index (κ3) is 15.2. The van der Waals surface area contributed by atoms with Gasteiger partial charge in [0.15, 0.2) is 0 Å². The average Bonchev–Trinajstić information content (AvgIpc) is 3.41. The number of sulfonamides is 2. The molecule has 0 heterocycles. The topological polar surface area (TPSA) is 211 Å². The summed E-state index contributed by atoms with van der Waals surface area (Å²) in [4.78, 5) is 28.0. The van der Waals surface area contributed by atoms with Gasteiger partial charge in [0.05, 0.1) is 55.3 Å². The summed E-state index contributed by atoms with van der Waals surface area (Å²) in [6.07, 6.45) is 0.0890. The minimum absolute atomic E-state index is 0. The van der Waals surface area contributed by atoms with E-state index in [1.54, 1.807) is 42.5 Å². The van der Waals surface area contributed by atoms with Gasteiger partial charge in [-0.25, -0.2) is 16.8 Å². The molecule has 0 aliphatic rings. The number of fused-ring (bicyclic) bond motifs is 2. The molecule has 2 atom stereocenters. The van der Waals surface area contributed by atoms with Crippen molar-refractivity contribution in [1.29, 1.82) is 0 Å². The normalized spacial score (nSPS) is 11.8. The first kappa shape index (κ1) is 60.9. The van der Waals surface area contributed by atoms with Crippen LogP contribution in [-0.2, 0) is 47.5 Å². The Kier molecular flexibility index (Phi) is 21.7. The Hall–Kier alpha value is -6.94. The van der Waals surface area contributed by atoms with Gasteiger partial charge in [0.25, 0.3) is 20.0 Å². The Bertz CT molecular complexity index is 3540. The molecule has 77 heavy (non-hydrogen) atoms. The van der Waals surface area contributed by atoms with Crippen LogP contribution in [0.3, 0.4) is 0 Å². The molecule has 0 saturated heterocycles. The Morgan fingerprint density at radius 3 is 1.22 bits per heavy atom. The van der Waals surface area contributed by atoms with Crippen molar-refractivity contribution in [2.45, 2.75) is 61.7 Å². The van der Waals surface area contributed by atoms with Gasteiger partial charge in [0.2, 0.25) is 0 Å². The molecule has 8 rings (SSSR count). The van der Waals surface area contributed by atoms with Crippen LogP contribution in [0.25, 0.3) is 21.5 Å². The molecule has 8 aromatic carbocycles. The molecule has 0 saturated carbocycles. The van der Waals surface area contributed by atoms with Crippen molar-refractivity contribution in [1.82, 2.24) is 0 Å². The van der Waals surface area contributed by atoms with Gasteiger partial charge in [-0.2, -0.15) is 0 Å². The molecule has 0 bridgehead atoms. The van der Waals surface area contributed by atoms with E-state index in [-0.39, 0.29) is 65.0 Å². The second kappa shape index (κ2) is 27.4. The number of hydrogen-bond donors (Lipinski definition) is 3. The number of ether oxygens (including phenoxy) is 3. The third-order valence-corrected chi connectivity index (χ3v) is 16.0. The first-order chi connectivity index (χ1) is 35.9. The van der Waals surface area contributed by atoms with Gasteiger partial charge in [0.1, 0.15) is 11.5 Å². The minimum atomic E-state index is -3.86. The molecule has 0 radical (unpaired) electrons. The maximum Gasteiger partial charge on any atom is 1.00 e. The summed E-state index contributed by atoms with van der Waals surface area (Å²) >= 11 is 12.9. The summed E-state index contributed by atoms with van der Waals surface area (Å²) in [6, 6.07) is 48.8. The number of halogens is 2. The van der Waals surface area contributed by atoms with E-state index in [0.29, 0.717) is 51.4 Å². The van der Waals surface area contributed by atoms with Crippen molar-refractivity contribution >= 4 is 99.5 Å². The molecule has 0 aliphatic heterocycles. The average molecular weight is 1120 g/mol. The smallest absolute Gasteiger partial charge is 0.870 e. The van der Waals surface area contributed by atoms with Crippen LogP contribution >= 0.6 is 23.2 Å². The Morgan fingerprint density at radius 1 is 0.519 bits per heavy atom. The van der Waals surface area contributed by atoms with E-state index in [9.17, 15) is 31.5 Å². The number of nitrogens with one attached hydrogen (secondary N) is 2. The van der Waals surface area contributed by atoms with E-state index in [4.69, 9.17) is 37.4 Å². The number of methoxy groups -OCH3 is 3. The molecule has 0 aliphatic carbocycles. The Labute approximate surface area is 471 Å². The number of carbonyl (C=O) groups is 2. The first-order valence-electron chi connectivity index (χ1n) is 23.6. The number of nitrogens with zero attached hydrogens (tertiary/aromatic N) is 2. The number of carboxylic acid groups (broad SMARTS) is 1. The zero-order valence-corrected chi connectivity index (χ0v) is 46.3. The molecule has 15 nitrogen and oxygen atoms in total. The van der Waals surface area contributed by atoms with Crippen LogP contribution in [0.5, 0.6) is 11.5 Å². The maximum absolute atomic E-state index is 13.2. The van der Waals surface area contributed by atoms with Gasteiger partial charge >= 0.3 is 30.8 Å². The second-order valence-electron chi connectivity index (χ2n) is 17.4. The van der Waals surface area contributed by atoms with Crippen LogP contribution in [0.2, 0.25) is 10.0 Å². The van der Waals surface area contributed by atoms with Crippen LogP contribution < -0.4 is 47.6 Å². The summed E-state index contributed by atoms with van der Waals surface area (Å²) in [7, 11) is -3.31. The fourth-order valence-electron chi connectivity index (χ4n) is 8.54. The van der Waals surface area contributed by atoms with Gasteiger partial charge in [-0.3, -0.25) is 19.0 Å². The molecular formula is C57H57Cl2LiN4O11S2. The van der Waals surface area contributed by atoms with Gasteiger partial charge in [0, 0.05) is 68.1 Å². The standard InChI is InChI=1S/C29H29ClN2O5S.C28H27ClN2O5S.Li.H2O/c1-20(18-29(33)37-3)32(19-21-8-4-7-11-26(21)30)28-17-16-27(24-9-5-6-10-25(24)28)31-38(34,35)23-14-12-22(36-2)13-15-23;1-19(17-28(32)33)31(18-20-7-3-6-10-25(20)29)27-16-15-26(23-8-4-5-9-24(23)27)30-37(34,35)22-13-11-21(36-2)12-14-22;;/h4-17,20,31H,18-19H2,1-3H3;3-16,19,30H,17-18H2,1-2H3,(H,32,33);;1H2/q;;+1;/p-1/t20-;19-;;/m00../s1. The van der Waals surface area contributed by atoms with Crippen LogP contribution in [0, 0.1) is 0 Å². The number of esters is 1. The molecular weight excluding hydrogens is 1060 g/mol. The zero-order valence-electron chi connectivity index (χ0n) is 43.2. The van der Waals surface area contributed by atoms with E-state index >= 15 is 0 Å². The number of benzene rings is 8. The van der Waals surface area contributed by atoms with Crippen LogP contribution in [0.1, 0.15) is 37.8 Å². The minimum Gasteiger partial charge on any atom is -0.870 e. The van der Waals surface area contributed by atoms with Crippen LogP contribution in [0.15, 0.2) is 180 Å². The fraction of sp³-hybridized carbons (Fsp3) is 0.193. The molecule has 0 unspecified atom stereocenters. The van der Waals surface area contributed by atoms with Crippen molar-refractivity contribution < 1.29 is 70.1 Å². The predicted molar refractivity (Wildman–Crippen MR) is 301 cm³/mol.